The van der Waals surface area contributed by atoms with E-state index in [9.17, 15) is 10.1 Å². The van der Waals surface area contributed by atoms with E-state index in [1.807, 2.05) is 6.92 Å². The van der Waals surface area contributed by atoms with Crippen LogP contribution in [0.2, 0.25) is 0 Å². The Balaban J connectivity index is 1.63. The number of nitrogens with one attached hydrogen (secondary N) is 3. The van der Waals surface area contributed by atoms with E-state index in [0.717, 1.165) is 31.2 Å². The van der Waals surface area contributed by atoms with Gasteiger partial charge in [0.25, 0.3) is 5.91 Å². The fraction of sp³-hybridized carbons (Fsp3) is 0.600. The van der Waals surface area contributed by atoms with Gasteiger partial charge >= 0.3 is 0 Å². The van der Waals surface area contributed by atoms with Gasteiger partial charge in [0.05, 0.1) is 6.04 Å². The maximum absolute atomic E-state index is 12.7. The van der Waals surface area contributed by atoms with E-state index in [1.54, 1.807) is 6.20 Å². The van der Waals surface area contributed by atoms with Crippen molar-refractivity contribution < 1.29 is 4.79 Å². The summed E-state index contributed by atoms with van der Waals surface area (Å²) < 4.78 is 0. The lowest BCUT2D eigenvalue weighted by Crippen LogP contribution is -2.61. The summed E-state index contributed by atoms with van der Waals surface area (Å²) in [5, 5.41) is 19.5. The number of benzene rings is 1. The van der Waals surface area contributed by atoms with Crippen LogP contribution in [0.1, 0.15) is 83.0 Å². The summed E-state index contributed by atoms with van der Waals surface area (Å²) >= 11 is 0. The van der Waals surface area contributed by atoms with E-state index < -0.39 is 0 Å². The quantitative estimate of drug-likeness (QED) is 0.507. The van der Waals surface area contributed by atoms with Crippen molar-refractivity contribution in [3.63, 3.8) is 0 Å². The minimum Gasteiger partial charge on any atom is -0.387 e. The Bertz CT molecular complexity index is 846. The first kappa shape index (κ1) is 22.4. The van der Waals surface area contributed by atoms with E-state index in [4.69, 9.17) is 0 Å². The maximum atomic E-state index is 12.7. The third-order valence-electron chi connectivity index (χ3n) is 6.24. The molecule has 5 nitrogen and oxygen atoms in total. The number of hydrogen-bond acceptors (Lipinski definition) is 4. The van der Waals surface area contributed by atoms with Gasteiger partial charge in [-0.05, 0) is 89.8 Å². The minimum atomic E-state index is -0.331. The van der Waals surface area contributed by atoms with Crippen LogP contribution in [-0.4, -0.2) is 23.0 Å². The lowest BCUT2D eigenvalue weighted by Gasteiger charge is -2.46. The summed E-state index contributed by atoms with van der Waals surface area (Å²) in [6.07, 6.45) is 8.20. The van der Waals surface area contributed by atoms with Gasteiger partial charge in [0.1, 0.15) is 11.6 Å². The van der Waals surface area contributed by atoms with Crippen LogP contribution in [0.5, 0.6) is 0 Å². The molecule has 1 aromatic rings. The lowest BCUT2D eigenvalue weighted by molar-refractivity contribution is -0.117. The van der Waals surface area contributed by atoms with E-state index in [-0.39, 0.29) is 34.6 Å². The average molecular weight is 409 g/mol. The van der Waals surface area contributed by atoms with Crippen molar-refractivity contribution in [1.29, 1.82) is 5.26 Å². The highest BCUT2D eigenvalue weighted by Gasteiger charge is 2.37. The van der Waals surface area contributed by atoms with Gasteiger partial charge in [-0.15, -0.1) is 0 Å². The summed E-state index contributed by atoms with van der Waals surface area (Å²) in [6, 6.07) is 8.64. The number of carbonyl (C=O) groups excluding carboxylic acids is 1. The van der Waals surface area contributed by atoms with Crippen LogP contribution >= 0.6 is 0 Å². The molecule has 0 spiro atoms. The van der Waals surface area contributed by atoms with Crippen molar-refractivity contribution in [3.8, 4) is 6.07 Å². The standard InChI is InChI=1S/C25H36N4O/c1-17(19-11-10-18-8-6-7-9-20(18)12-19)28-23(30)21(15-26)16-27-22-13-24(2,3)29-25(4,5)14-22/h10-12,16-17,22,27,29H,6-9,13-14H2,1-5H3,(H,28,30)/b21-16-. The van der Waals surface area contributed by atoms with Gasteiger partial charge in [0.15, 0.2) is 0 Å². The summed E-state index contributed by atoms with van der Waals surface area (Å²) in [6.45, 7) is 10.7. The van der Waals surface area contributed by atoms with Gasteiger partial charge in [-0.2, -0.15) is 5.26 Å². The number of piperidine rings is 1. The number of aryl methyl sites for hydroxylation is 2. The number of carbonyl (C=O) groups is 1. The Labute approximate surface area is 181 Å². The molecule has 0 radical (unpaired) electrons. The predicted octanol–water partition coefficient (Wildman–Crippen LogP) is 4.05. The lowest BCUT2D eigenvalue weighted by atomic mass is 9.79. The first-order valence-corrected chi connectivity index (χ1v) is 11.2. The Morgan fingerprint density at radius 1 is 1.17 bits per heavy atom. The number of nitriles is 1. The van der Waals surface area contributed by atoms with Crippen LogP contribution in [0.15, 0.2) is 30.0 Å². The molecule has 1 amide bonds. The van der Waals surface area contributed by atoms with E-state index in [2.05, 4.69) is 67.9 Å². The summed E-state index contributed by atoms with van der Waals surface area (Å²) in [5.74, 6) is -0.331. The first-order valence-electron chi connectivity index (χ1n) is 11.2. The highest BCUT2D eigenvalue weighted by atomic mass is 16.1. The van der Waals surface area contributed by atoms with Gasteiger partial charge in [-0.3, -0.25) is 4.79 Å². The first-order chi connectivity index (χ1) is 14.1. The highest BCUT2D eigenvalue weighted by molar-refractivity contribution is 5.97. The molecule has 30 heavy (non-hydrogen) atoms. The van der Waals surface area contributed by atoms with Gasteiger partial charge in [0.2, 0.25) is 0 Å². The van der Waals surface area contributed by atoms with Crippen LogP contribution < -0.4 is 16.0 Å². The molecule has 0 saturated carbocycles. The Morgan fingerprint density at radius 3 is 2.43 bits per heavy atom. The minimum absolute atomic E-state index is 0.00326. The number of nitrogens with zero attached hydrogens (tertiary/aromatic N) is 1. The zero-order chi connectivity index (χ0) is 21.9. The second-order valence-electron chi connectivity index (χ2n) is 10.3. The molecule has 1 unspecified atom stereocenters. The molecule has 1 aromatic carbocycles. The molecule has 1 atom stereocenters. The summed E-state index contributed by atoms with van der Waals surface area (Å²) in [7, 11) is 0. The van der Waals surface area contributed by atoms with Crippen LogP contribution in [0.25, 0.3) is 0 Å². The molecule has 0 aromatic heterocycles. The largest absolute Gasteiger partial charge is 0.387 e. The molecule has 2 aliphatic rings. The Morgan fingerprint density at radius 2 is 1.80 bits per heavy atom. The van der Waals surface area contributed by atoms with E-state index >= 15 is 0 Å². The van der Waals surface area contributed by atoms with Gasteiger partial charge in [-0.25, -0.2) is 0 Å². The van der Waals surface area contributed by atoms with Crippen LogP contribution in [0, 0.1) is 11.3 Å². The molecular weight excluding hydrogens is 372 g/mol. The normalized spacial score (nSPS) is 21.8. The third-order valence-corrected chi connectivity index (χ3v) is 6.24. The molecule has 3 N–H and O–H groups in total. The average Bonchev–Trinajstić information content (AvgIpc) is 2.65. The second-order valence-corrected chi connectivity index (χ2v) is 10.3. The van der Waals surface area contributed by atoms with Crippen molar-refractivity contribution in [2.45, 2.75) is 96.3 Å². The fourth-order valence-corrected chi connectivity index (χ4v) is 5.17. The SMILES string of the molecule is CC(NC(=O)/C(C#N)=C\NC1CC(C)(C)NC(C)(C)C1)c1ccc2c(c1)CCCC2. The van der Waals surface area contributed by atoms with Crippen LogP contribution in [0.4, 0.5) is 0 Å². The van der Waals surface area contributed by atoms with Crippen molar-refractivity contribution >= 4 is 5.91 Å². The molecular formula is C25H36N4O. The van der Waals surface area contributed by atoms with Gasteiger partial charge < -0.3 is 16.0 Å². The third kappa shape index (κ3) is 5.64. The molecule has 5 heteroatoms. The molecule has 1 saturated heterocycles. The number of rotatable bonds is 5. The number of amides is 1. The number of fused-ring (bicyclic) bond motifs is 1. The molecule has 3 rings (SSSR count). The molecule has 1 fully saturated rings. The number of hydrogen-bond donors (Lipinski definition) is 3. The molecule has 1 heterocycles. The van der Waals surface area contributed by atoms with E-state index in [0.29, 0.717) is 0 Å². The summed E-state index contributed by atoms with van der Waals surface area (Å²) in [4.78, 5) is 12.7. The zero-order valence-corrected chi connectivity index (χ0v) is 19.1. The fourth-order valence-electron chi connectivity index (χ4n) is 5.17. The maximum Gasteiger partial charge on any atom is 0.263 e. The Hall–Kier alpha value is -2.32. The van der Waals surface area contributed by atoms with Gasteiger partial charge in [0, 0.05) is 23.3 Å². The van der Waals surface area contributed by atoms with Crippen LogP contribution in [0.3, 0.4) is 0 Å². The van der Waals surface area contributed by atoms with Gasteiger partial charge in [-0.1, -0.05) is 18.2 Å². The molecule has 1 aliphatic heterocycles. The molecule has 1 aliphatic carbocycles. The van der Waals surface area contributed by atoms with Crippen molar-refractivity contribution in [1.82, 2.24) is 16.0 Å². The van der Waals surface area contributed by atoms with Crippen LogP contribution in [-0.2, 0) is 17.6 Å². The summed E-state index contributed by atoms with van der Waals surface area (Å²) in [5.41, 5.74) is 4.05. The zero-order valence-electron chi connectivity index (χ0n) is 19.1. The monoisotopic (exact) mass is 408 g/mol. The van der Waals surface area contributed by atoms with Crippen molar-refractivity contribution in [3.05, 3.63) is 46.7 Å². The second kappa shape index (κ2) is 8.81. The predicted molar refractivity (Wildman–Crippen MR) is 121 cm³/mol. The van der Waals surface area contributed by atoms with E-state index in [1.165, 1.54) is 24.0 Å². The molecule has 162 valence electrons. The topological polar surface area (TPSA) is 77.0 Å². The smallest absolute Gasteiger partial charge is 0.263 e. The van der Waals surface area contributed by atoms with Crippen molar-refractivity contribution in [2.75, 3.05) is 0 Å². The molecule has 0 bridgehead atoms. The highest BCUT2D eigenvalue weighted by Crippen LogP contribution is 2.28. The Kier molecular flexibility index (Phi) is 6.57. The van der Waals surface area contributed by atoms with Crippen molar-refractivity contribution in [2.24, 2.45) is 0 Å².